The summed E-state index contributed by atoms with van der Waals surface area (Å²) in [6, 6.07) is 15.1. The van der Waals surface area contributed by atoms with Crippen LogP contribution in [0.15, 0.2) is 48.6 Å². The molecule has 0 heterocycles. The predicted octanol–water partition coefficient (Wildman–Crippen LogP) is 10.1. The quantitative estimate of drug-likeness (QED) is 0.191. The zero-order valence-corrected chi connectivity index (χ0v) is 30.8. The molecular weight excluding hydrogens is 599 g/mol. The Morgan fingerprint density at radius 1 is 0.842 bits per heavy atom. The van der Waals surface area contributed by atoms with Gasteiger partial charge in [0.05, 0.1) is 0 Å². The van der Waals surface area contributed by atoms with E-state index < -0.39 is 0 Å². The SMILES string of the molecule is CC(C)(C)c1c[c-]c2c(c1)-c1cc(C(C)(C)C)ccc1C2.Cl.Cl.[C-]1=CC=CC1.[CH2-]CCC.[CH2-]CCC.[SiH2]=[Zr]. The van der Waals surface area contributed by atoms with Crippen LogP contribution in [0.2, 0.25) is 0 Å². The summed E-state index contributed by atoms with van der Waals surface area (Å²) >= 11 is 1.58. The topological polar surface area (TPSA) is 0 Å². The molecule has 0 bridgehead atoms. The fraction of sp³-hybridized carbons (Fsp3) is 0.471. The van der Waals surface area contributed by atoms with E-state index in [1.807, 2.05) is 19.0 Å². The molecule has 2 aromatic rings. The van der Waals surface area contributed by atoms with E-state index in [1.165, 1.54) is 46.2 Å². The summed E-state index contributed by atoms with van der Waals surface area (Å²) in [6.07, 6.45) is 15.6. The van der Waals surface area contributed by atoms with E-state index in [2.05, 4.69) is 118 Å². The average Bonchev–Trinajstić information content (AvgIpc) is 3.55. The fourth-order valence-electron chi connectivity index (χ4n) is 3.32. The Morgan fingerprint density at radius 2 is 1.34 bits per heavy atom. The molecule has 0 spiro atoms. The molecule has 0 amide bonds. The molecular formula is C34H52Cl2SiZr-4. The second-order valence-electron chi connectivity index (χ2n) is 11.0. The van der Waals surface area contributed by atoms with Gasteiger partial charge in [0.2, 0.25) is 0 Å². The summed E-state index contributed by atoms with van der Waals surface area (Å²) < 4.78 is 0. The molecule has 2 aromatic carbocycles. The first-order valence-corrected chi connectivity index (χ1v) is 19.3. The number of hydrogen-bond acceptors (Lipinski definition) is 0. The van der Waals surface area contributed by atoms with Gasteiger partial charge >= 0.3 is 30.2 Å². The zero-order valence-electron chi connectivity index (χ0n) is 25.3. The summed E-state index contributed by atoms with van der Waals surface area (Å²) in [5.41, 5.74) is 8.76. The maximum atomic E-state index is 3.60. The molecule has 2 aliphatic rings. The van der Waals surface area contributed by atoms with Gasteiger partial charge in [-0.2, -0.15) is 48.2 Å². The second kappa shape index (κ2) is 22.3. The third-order valence-corrected chi connectivity index (χ3v) is 5.82. The van der Waals surface area contributed by atoms with Crippen LogP contribution in [0.25, 0.3) is 11.1 Å². The molecule has 0 aromatic heterocycles. The molecule has 0 saturated carbocycles. The normalized spacial score (nSPS) is 11.7. The monoisotopic (exact) mass is 648 g/mol. The molecule has 38 heavy (non-hydrogen) atoms. The number of hydrogen-bond donors (Lipinski definition) is 0. The summed E-state index contributed by atoms with van der Waals surface area (Å²) in [7, 11) is 0. The molecule has 0 N–H and O–H groups in total. The summed E-state index contributed by atoms with van der Waals surface area (Å²) in [5.74, 6) is 0. The van der Waals surface area contributed by atoms with Gasteiger partial charge in [0.1, 0.15) is 0 Å². The Bertz CT molecular complexity index is 870. The number of rotatable bonds is 2. The van der Waals surface area contributed by atoms with E-state index in [9.17, 15) is 0 Å². The number of benzene rings is 2. The van der Waals surface area contributed by atoms with Crippen molar-refractivity contribution in [2.75, 3.05) is 0 Å². The standard InChI is InChI=1S/C21H25.C5H5.2C4H9.2ClH.H2Si.Zr/c1-20(2,3)16-9-7-14-11-15-8-10-17(21(4,5)6)13-19(15)18(14)12-16;1-2-4-5-3-1;2*1-3-4-2;;;;/h7,9-10,12-13H,11H2,1-6H3;1-3H,4H2;2*1,3-4H2,2H3;2*1H;1H2;/q4*-1;;;;. The van der Waals surface area contributed by atoms with Crippen molar-refractivity contribution < 1.29 is 23.3 Å². The van der Waals surface area contributed by atoms with Crippen LogP contribution < -0.4 is 0 Å². The van der Waals surface area contributed by atoms with Crippen LogP contribution in [0, 0.1) is 26.0 Å². The van der Waals surface area contributed by atoms with Crippen LogP contribution >= 0.6 is 24.8 Å². The number of allylic oxidation sites excluding steroid dienone is 4. The van der Waals surface area contributed by atoms with Crippen LogP contribution in [0.1, 0.15) is 110 Å². The Hall–Kier alpha value is -0.400. The van der Waals surface area contributed by atoms with Gasteiger partial charge in [0.25, 0.3) is 0 Å². The average molecular weight is 651 g/mol. The maximum absolute atomic E-state index is 3.60. The first kappa shape index (κ1) is 42.1. The Kier molecular flexibility index (Phi) is 24.7. The second-order valence-corrected chi connectivity index (χ2v) is 11.0. The molecule has 214 valence electrons. The van der Waals surface area contributed by atoms with Crippen molar-refractivity contribution in [1.29, 1.82) is 0 Å². The zero-order chi connectivity index (χ0) is 27.8. The van der Waals surface area contributed by atoms with Crippen LogP contribution in [-0.4, -0.2) is 6.88 Å². The number of unbranched alkanes of at least 4 members (excludes halogenated alkanes) is 2. The van der Waals surface area contributed by atoms with Gasteiger partial charge in [0.15, 0.2) is 0 Å². The molecule has 2 aliphatic carbocycles. The van der Waals surface area contributed by atoms with E-state index in [-0.39, 0.29) is 35.6 Å². The fourth-order valence-corrected chi connectivity index (χ4v) is 3.32. The number of halogens is 2. The van der Waals surface area contributed by atoms with Crippen molar-refractivity contribution in [2.24, 2.45) is 0 Å². The molecule has 0 nitrogen and oxygen atoms in total. The third-order valence-electron chi connectivity index (χ3n) is 5.82. The van der Waals surface area contributed by atoms with E-state index in [4.69, 9.17) is 0 Å². The molecule has 0 atom stereocenters. The van der Waals surface area contributed by atoms with Crippen molar-refractivity contribution >= 4 is 31.7 Å². The minimum absolute atomic E-state index is 0. The van der Waals surface area contributed by atoms with Gasteiger partial charge in [-0.3, -0.25) is 6.08 Å². The number of fused-ring (bicyclic) bond motifs is 3. The Balaban J connectivity index is -0.000000598. The van der Waals surface area contributed by atoms with E-state index in [1.54, 1.807) is 23.3 Å². The molecule has 0 fully saturated rings. The molecule has 4 heteroatoms. The van der Waals surface area contributed by atoms with Crippen molar-refractivity contribution in [3.05, 3.63) is 96.8 Å². The summed E-state index contributed by atoms with van der Waals surface area (Å²) in [4.78, 5) is 0. The predicted molar refractivity (Wildman–Crippen MR) is 176 cm³/mol. The molecule has 4 rings (SSSR count). The first-order valence-electron chi connectivity index (χ1n) is 13.3. The van der Waals surface area contributed by atoms with Gasteiger partial charge < -0.3 is 13.8 Å². The summed E-state index contributed by atoms with van der Waals surface area (Å²) in [6.45, 7) is 27.0. The van der Waals surface area contributed by atoms with Crippen molar-refractivity contribution in [1.82, 2.24) is 0 Å². The van der Waals surface area contributed by atoms with Gasteiger partial charge in [-0.25, -0.2) is 12.2 Å². The van der Waals surface area contributed by atoms with Crippen LogP contribution in [-0.2, 0) is 40.6 Å². The third kappa shape index (κ3) is 15.4. The Labute approximate surface area is 266 Å². The van der Waals surface area contributed by atoms with Crippen LogP contribution in [0.3, 0.4) is 0 Å². The first-order chi connectivity index (χ1) is 17.0. The van der Waals surface area contributed by atoms with Gasteiger partial charge in [-0.1, -0.05) is 103 Å². The summed E-state index contributed by atoms with van der Waals surface area (Å²) in [5, 5.41) is 0. The van der Waals surface area contributed by atoms with E-state index >= 15 is 0 Å². The van der Waals surface area contributed by atoms with Gasteiger partial charge in [-0.15, -0.1) is 36.8 Å². The minimum atomic E-state index is 0. The molecule has 0 saturated heterocycles. The van der Waals surface area contributed by atoms with Crippen LogP contribution in [0.5, 0.6) is 0 Å². The molecule has 0 aliphatic heterocycles. The van der Waals surface area contributed by atoms with E-state index in [0.717, 1.165) is 25.7 Å². The molecule has 0 radical (unpaired) electrons. The Morgan fingerprint density at radius 3 is 1.71 bits per heavy atom. The van der Waals surface area contributed by atoms with E-state index in [0.29, 0.717) is 0 Å². The van der Waals surface area contributed by atoms with Gasteiger partial charge in [0, 0.05) is 0 Å². The van der Waals surface area contributed by atoms with Crippen molar-refractivity contribution in [3.63, 3.8) is 0 Å². The molecule has 0 unspecified atom stereocenters. The van der Waals surface area contributed by atoms with Crippen LogP contribution in [0.4, 0.5) is 0 Å². The van der Waals surface area contributed by atoms with Crippen molar-refractivity contribution in [3.8, 4) is 11.1 Å². The van der Waals surface area contributed by atoms with Gasteiger partial charge in [-0.05, 0) is 17.4 Å². The van der Waals surface area contributed by atoms with Crippen molar-refractivity contribution in [2.45, 2.75) is 105 Å².